The highest BCUT2D eigenvalue weighted by Crippen LogP contribution is 2.38. The number of aliphatic hydroxyl groups excluding tert-OH is 1. The van der Waals surface area contributed by atoms with Gasteiger partial charge in [-0.25, -0.2) is 0 Å². The Bertz CT molecular complexity index is 848. The summed E-state index contributed by atoms with van der Waals surface area (Å²) in [5.41, 5.74) is 6.36. The van der Waals surface area contributed by atoms with Gasteiger partial charge in [-0.15, -0.1) is 0 Å². The van der Waals surface area contributed by atoms with Gasteiger partial charge < -0.3 is 18.9 Å². The lowest BCUT2D eigenvalue weighted by atomic mass is 9.96. The molecule has 0 radical (unpaired) electrons. The number of aliphatic hydroxyl groups is 1. The van der Waals surface area contributed by atoms with Crippen LogP contribution in [0.3, 0.4) is 0 Å². The maximum atomic E-state index is 9.89. The van der Waals surface area contributed by atoms with Gasteiger partial charge in [0.05, 0.1) is 18.9 Å². The van der Waals surface area contributed by atoms with Crippen LogP contribution in [0.2, 0.25) is 0 Å². The van der Waals surface area contributed by atoms with E-state index in [9.17, 15) is 5.11 Å². The van der Waals surface area contributed by atoms with Crippen LogP contribution in [0.5, 0.6) is 5.75 Å². The molecule has 0 bridgehead atoms. The lowest BCUT2D eigenvalue weighted by molar-refractivity contribution is 0.0494. The zero-order valence-corrected chi connectivity index (χ0v) is 18.3. The van der Waals surface area contributed by atoms with Gasteiger partial charge in [-0.1, -0.05) is 6.07 Å². The third-order valence-electron chi connectivity index (χ3n) is 5.88. The van der Waals surface area contributed by atoms with Gasteiger partial charge in [-0.2, -0.15) is 0 Å². The highest BCUT2D eigenvalue weighted by atomic mass is 32.2. The van der Waals surface area contributed by atoms with Crippen LogP contribution in [0.1, 0.15) is 41.5 Å². The van der Waals surface area contributed by atoms with E-state index in [0.29, 0.717) is 12.5 Å². The van der Waals surface area contributed by atoms with Gasteiger partial charge in [-0.3, -0.25) is 0 Å². The Labute approximate surface area is 178 Å². The van der Waals surface area contributed by atoms with Crippen molar-refractivity contribution in [3.8, 4) is 5.75 Å². The molecular formula is C24H31NO3S. The van der Waals surface area contributed by atoms with E-state index in [0.717, 1.165) is 55.2 Å². The molecule has 156 valence electrons. The quantitative estimate of drug-likeness (QED) is 0.671. The molecule has 0 atom stereocenters. The average Bonchev–Trinajstić information content (AvgIpc) is 2.74. The molecule has 29 heavy (non-hydrogen) atoms. The average molecular weight is 414 g/mol. The molecule has 2 aliphatic heterocycles. The maximum Gasteiger partial charge on any atom is 0.124 e. The lowest BCUT2D eigenvalue weighted by Gasteiger charge is -2.31. The van der Waals surface area contributed by atoms with Crippen LogP contribution in [0, 0.1) is 19.8 Å². The molecule has 4 rings (SSSR count). The minimum Gasteiger partial charge on any atom is -0.493 e. The number of aryl methyl sites for hydroxylation is 2. The van der Waals surface area contributed by atoms with Gasteiger partial charge in [-0.05, 0) is 98.4 Å². The lowest BCUT2D eigenvalue weighted by Crippen LogP contribution is -2.23. The van der Waals surface area contributed by atoms with Crippen molar-refractivity contribution in [2.75, 3.05) is 30.7 Å². The summed E-state index contributed by atoms with van der Waals surface area (Å²) in [6.07, 6.45) is 4.42. The molecule has 1 fully saturated rings. The summed E-state index contributed by atoms with van der Waals surface area (Å²) in [6, 6.07) is 10.8. The Kier molecular flexibility index (Phi) is 6.68. The fraction of sp³-hybridized carbons (Fsp3) is 0.500. The Morgan fingerprint density at radius 2 is 2.00 bits per heavy atom. The van der Waals surface area contributed by atoms with E-state index >= 15 is 0 Å². The Balaban J connectivity index is 1.47. The van der Waals surface area contributed by atoms with Crippen molar-refractivity contribution in [3.63, 3.8) is 0 Å². The third-order valence-corrected chi connectivity index (χ3v) is 6.95. The molecule has 1 N–H and O–H groups in total. The number of hydrogen-bond acceptors (Lipinski definition) is 5. The molecule has 0 unspecified atom stereocenters. The fourth-order valence-corrected chi connectivity index (χ4v) is 5.32. The summed E-state index contributed by atoms with van der Waals surface area (Å²) in [6.45, 7) is 7.76. The number of fused-ring (bicyclic) bond motifs is 1. The molecule has 5 heteroatoms. The molecule has 1 saturated heterocycles. The second-order valence-corrected chi connectivity index (χ2v) is 9.27. The van der Waals surface area contributed by atoms with E-state index in [2.05, 4.69) is 42.4 Å². The molecule has 0 aliphatic carbocycles. The maximum absolute atomic E-state index is 9.89. The monoisotopic (exact) mass is 413 g/mol. The van der Waals surface area contributed by atoms with Gasteiger partial charge >= 0.3 is 0 Å². The zero-order valence-electron chi connectivity index (χ0n) is 17.4. The Hall–Kier alpha value is -1.69. The Morgan fingerprint density at radius 1 is 1.17 bits per heavy atom. The van der Waals surface area contributed by atoms with E-state index < -0.39 is 0 Å². The van der Waals surface area contributed by atoms with Crippen molar-refractivity contribution in [2.45, 2.75) is 51.0 Å². The highest BCUT2D eigenvalue weighted by molar-refractivity contribution is 8.00. The van der Waals surface area contributed by atoms with E-state index in [1.807, 2.05) is 6.07 Å². The number of hydrogen-bond donors (Lipinski definition) is 1. The van der Waals surface area contributed by atoms with Crippen molar-refractivity contribution in [1.82, 2.24) is 0 Å². The van der Waals surface area contributed by atoms with Crippen LogP contribution >= 0.6 is 11.9 Å². The van der Waals surface area contributed by atoms with Crippen LogP contribution in [0.4, 0.5) is 5.69 Å². The first-order chi connectivity index (χ1) is 14.1. The van der Waals surface area contributed by atoms with Gasteiger partial charge in [0, 0.05) is 30.2 Å². The molecule has 4 nitrogen and oxygen atoms in total. The zero-order chi connectivity index (χ0) is 20.2. The SMILES string of the molecule is Cc1cc(C)c2c(c1)N(Sc1ccc(OCC3CCOCC3)c(CO)c1)CCC2. The van der Waals surface area contributed by atoms with E-state index in [1.54, 1.807) is 11.9 Å². The van der Waals surface area contributed by atoms with Crippen molar-refractivity contribution in [3.05, 3.63) is 52.6 Å². The predicted octanol–water partition coefficient (Wildman–Crippen LogP) is 5.06. The normalized spacial score (nSPS) is 17.3. The molecule has 2 aromatic rings. The van der Waals surface area contributed by atoms with Crippen LogP contribution in [0.25, 0.3) is 0 Å². The second-order valence-electron chi connectivity index (χ2n) is 8.17. The first-order valence-corrected chi connectivity index (χ1v) is 11.4. The highest BCUT2D eigenvalue weighted by Gasteiger charge is 2.21. The topological polar surface area (TPSA) is 41.9 Å². The summed E-state index contributed by atoms with van der Waals surface area (Å²) in [4.78, 5) is 1.14. The summed E-state index contributed by atoms with van der Waals surface area (Å²) >= 11 is 1.76. The van der Waals surface area contributed by atoms with E-state index in [-0.39, 0.29) is 6.61 Å². The number of ether oxygens (including phenoxy) is 2. The smallest absolute Gasteiger partial charge is 0.124 e. The number of benzene rings is 2. The summed E-state index contributed by atoms with van der Waals surface area (Å²) in [5, 5.41) is 9.89. The predicted molar refractivity (Wildman–Crippen MR) is 119 cm³/mol. The van der Waals surface area contributed by atoms with E-state index in [4.69, 9.17) is 9.47 Å². The summed E-state index contributed by atoms with van der Waals surface area (Å²) in [7, 11) is 0. The number of rotatable bonds is 6. The molecule has 0 amide bonds. The molecular weight excluding hydrogens is 382 g/mol. The molecule has 2 aromatic carbocycles. The summed E-state index contributed by atoms with van der Waals surface area (Å²) in [5.74, 6) is 1.34. The van der Waals surface area contributed by atoms with Crippen LogP contribution < -0.4 is 9.04 Å². The molecule has 2 aliphatic rings. The first kappa shape index (κ1) is 20.6. The van der Waals surface area contributed by atoms with E-state index in [1.165, 1.54) is 28.8 Å². The summed E-state index contributed by atoms with van der Waals surface area (Å²) < 4.78 is 13.9. The Morgan fingerprint density at radius 3 is 2.79 bits per heavy atom. The first-order valence-electron chi connectivity index (χ1n) is 10.6. The largest absolute Gasteiger partial charge is 0.493 e. The van der Waals surface area contributed by atoms with Crippen molar-refractivity contribution in [1.29, 1.82) is 0 Å². The van der Waals surface area contributed by atoms with Crippen LogP contribution in [-0.2, 0) is 17.8 Å². The van der Waals surface area contributed by atoms with Gasteiger partial charge in [0.1, 0.15) is 5.75 Å². The van der Waals surface area contributed by atoms with Gasteiger partial charge in [0.25, 0.3) is 0 Å². The molecule has 0 spiro atoms. The van der Waals surface area contributed by atoms with Crippen LogP contribution in [0.15, 0.2) is 35.2 Å². The number of nitrogens with zero attached hydrogens (tertiary/aromatic N) is 1. The van der Waals surface area contributed by atoms with Crippen LogP contribution in [-0.4, -0.2) is 31.5 Å². The minimum atomic E-state index is -0.00762. The molecule has 2 heterocycles. The minimum absolute atomic E-state index is 0.00762. The standard InChI is InChI=1S/C24H31NO3S/c1-17-12-18(2)22-4-3-9-25(23(22)13-17)29-21-5-6-24(20(14-21)15-26)28-16-19-7-10-27-11-8-19/h5-6,12-14,19,26H,3-4,7-11,15-16H2,1-2H3. The van der Waals surface area contributed by atoms with Gasteiger partial charge in [0.15, 0.2) is 0 Å². The molecule has 0 saturated carbocycles. The second kappa shape index (κ2) is 9.41. The van der Waals surface area contributed by atoms with Gasteiger partial charge in [0.2, 0.25) is 0 Å². The van der Waals surface area contributed by atoms with Crippen molar-refractivity contribution in [2.24, 2.45) is 5.92 Å². The van der Waals surface area contributed by atoms with Crippen molar-refractivity contribution >= 4 is 17.6 Å². The fourth-order valence-electron chi connectivity index (χ4n) is 4.26. The third kappa shape index (κ3) is 4.90. The molecule has 0 aromatic heterocycles. The number of anilines is 1. The van der Waals surface area contributed by atoms with Crippen molar-refractivity contribution < 1.29 is 14.6 Å².